The molecule has 1 fully saturated rings. The largest absolute Gasteiger partial charge is 0.492 e. The minimum absolute atomic E-state index is 0.0977. The SMILES string of the molecule is CCOc1ccc(C)cc1-n1c(CC(C)C)c(C(=O)N2CCCCC2)cc(-c2nc(-c3ccc(C(F)F)nc3)cs2)c1=O. The number of piperidine rings is 1. The van der Waals surface area contributed by atoms with Gasteiger partial charge in [-0.15, -0.1) is 11.3 Å². The Hall–Kier alpha value is -3.92. The maximum absolute atomic E-state index is 14.5. The normalized spacial score (nSPS) is 13.6. The number of halogens is 2. The van der Waals surface area contributed by atoms with Gasteiger partial charge in [0.15, 0.2) is 0 Å². The van der Waals surface area contributed by atoms with Gasteiger partial charge < -0.3 is 9.64 Å². The summed E-state index contributed by atoms with van der Waals surface area (Å²) in [7, 11) is 0. The molecule has 0 radical (unpaired) electrons. The average Bonchev–Trinajstić information content (AvgIpc) is 3.48. The number of thiazole rings is 1. The fourth-order valence-corrected chi connectivity index (χ4v) is 6.23. The molecule has 1 amide bonds. The van der Waals surface area contributed by atoms with Crippen molar-refractivity contribution in [3.8, 4) is 33.3 Å². The van der Waals surface area contributed by atoms with Gasteiger partial charge in [0.05, 0.1) is 29.1 Å². The Labute approximate surface area is 254 Å². The maximum atomic E-state index is 14.5. The summed E-state index contributed by atoms with van der Waals surface area (Å²) < 4.78 is 33.7. The van der Waals surface area contributed by atoms with Crippen LogP contribution in [0.1, 0.15) is 73.8 Å². The lowest BCUT2D eigenvalue weighted by Crippen LogP contribution is -2.38. The molecule has 10 heteroatoms. The van der Waals surface area contributed by atoms with Gasteiger partial charge in [0.1, 0.15) is 16.5 Å². The summed E-state index contributed by atoms with van der Waals surface area (Å²) in [6, 6.07) is 10.2. The Kier molecular flexibility index (Phi) is 9.34. The number of likely N-dealkylation sites (tertiary alicyclic amines) is 1. The molecule has 0 atom stereocenters. The highest BCUT2D eigenvalue weighted by Crippen LogP contribution is 2.33. The van der Waals surface area contributed by atoms with Crippen LogP contribution in [-0.2, 0) is 6.42 Å². The van der Waals surface area contributed by atoms with Crippen LogP contribution in [0.4, 0.5) is 8.78 Å². The highest BCUT2D eigenvalue weighted by Gasteiger charge is 2.28. The van der Waals surface area contributed by atoms with E-state index in [4.69, 9.17) is 9.72 Å². The number of nitrogens with zero attached hydrogens (tertiary/aromatic N) is 4. The third kappa shape index (κ3) is 6.54. The molecule has 1 aliphatic heterocycles. The molecule has 0 N–H and O–H groups in total. The first-order valence-electron chi connectivity index (χ1n) is 14.7. The van der Waals surface area contributed by atoms with Crippen LogP contribution < -0.4 is 10.3 Å². The van der Waals surface area contributed by atoms with Crippen LogP contribution in [0, 0.1) is 12.8 Å². The van der Waals surface area contributed by atoms with Crippen molar-refractivity contribution in [1.29, 1.82) is 0 Å². The van der Waals surface area contributed by atoms with Gasteiger partial charge in [-0.3, -0.25) is 19.1 Å². The Morgan fingerprint density at radius 2 is 1.86 bits per heavy atom. The van der Waals surface area contributed by atoms with Gasteiger partial charge >= 0.3 is 0 Å². The summed E-state index contributed by atoms with van der Waals surface area (Å²) in [4.78, 5) is 39.1. The van der Waals surface area contributed by atoms with E-state index in [9.17, 15) is 18.4 Å². The lowest BCUT2D eigenvalue weighted by molar-refractivity contribution is 0.0722. The van der Waals surface area contributed by atoms with Gasteiger partial charge in [0.2, 0.25) is 0 Å². The minimum atomic E-state index is -2.66. The third-order valence-corrected chi connectivity index (χ3v) is 8.35. The van der Waals surface area contributed by atoms with Crippen molar-refractivity contribution >= 4 is 17.2 Å². The van der Waals surface area contributed by atoms with E-state index in [-0.39, 0.29) is 23.1 Å². The molecule has 0 aliphatic carbocycles. The first-order valence-corrected chi connectivity index (χ1v) is 15.6. The van der Waals surface area contributed by atoms with Crippen LogP contribution in [0.15, 0.2) is 52.8 Å². The van der Waals surface area contributed by atoms with Crippen LogP contribution in [0.5, 0.6) is 5.75 Å². The second-order valence-corrected chi connectivity index (χ2v) is 12.1. The molecule has 3 aromatic heterocycles. The molecule has 226 valence electrons. The van der Waals surface area contributed by atoms with E-state index in [2.05, 4.69) is 18.8 Å². The van der Waals surface area contributed by atoms with E-state index in [1.165, 1.54) is 23.6 Å². The number of benzene rings is 1. The summed E-state index contributed by atoms with van der Waals surface area (Å²) in [5.74, 6) is 0.623. The van der Waals surface area contributed by atoms with E-state index in [0.717, 1.165) is 24.8 Å². The van der Waals surface area contributed by atoms with Gasteiger partial charge in [-0.05, 0) is 81.3 Å². The smallest absolute Gasteiger partial charge is 0.280 e. The standard InChI is InChI=1S/C33H36F2N4O3S/c1-5-42-29-12-9-21(4)16-28(29)39-27(15-20(2)3)23(32(40)38-13-7-6-8-14-38)17-24(33(39)41)31-37-26(19-43-31)22-10-11-25(30(34)35)36-18-22/h9-12,16-20,30H,5-8,13-15H2,1-4H3. The summed E-state index contributed by atoms with van der Waals surface area (Å²) >= 11 is 1.26. The molecule has 1 aromatic carbocycles. The van der Waals surface area contributed by atoms with E-state index in [1.54, 1.807) is 22.1 Å². The second-order valence-electron chi connectivity index (χ2n) is 11.2. The van der Waals surface area contributed by atoms with Crippen LogP contribution >= 0.6 is 11.3 Å². The highest BCUT2D eigenvalue weighted by molar-refractivity contribution is 7.13. The van der Waals surface area contributed by atoms with Crippen molar-refractivity contribution < 1.29 is 18.3 Å². The molecule has 0 spiro atoms. The van der Waals surface area contributed by atoms with Crippen molar-refractivity contribution in [3.63, 3.8) is 0 Å². The number of pyridine rings is 2. The van der Waals surface area contributed by atoms with Gasteiger partial charge in [0.25, 0.3) is 17.9 Å². The summed E-state index contributed by atoms with van der Waals surface area (Å²) in [6.07, 6.45) is 2.17. The molecule has 0 unspecified atom stereocenters. The molecule has 4 aromatic rings. The van der Waals surface area contributed by atoms with Crippen LogP contribution in [0.3, 0.4) is 0 Å². The number of aryl methyl sites for hydroxylation is 1. The number of carbonyl (C=O) groups is 1. The van der Waals surface area contributed by atoms with Gasteiger partial charge in [0, 0.05) is 35.9 Å². The fraction of sp³-hybridized carbons (Fsp3) is 0.394. The fourth-order valence-electron chi connectivity index (χ4n) is 5.40. The first kappa shape index (κ1) is 30.5. The monoisotopic (exact) mass is 606 g/mol. The number of alkyl halides is 2. The maximum Gasteiger partial charge on any atom is 0.280 e. The molecule has 0 bridgehead atoms. The Morgan fingerprint density at radius 1 is 1.09 bits per heavy atom. The summed E-state index contributed by atoms with van der Waals surface area (Å²) in [6.45, 7) is 9.74. The first-order chi connectivity index (χ1) is 20.7. The average molecular weight is 607 g/mol. The van der Waals surface area contributed by atoms with E-state index in [0.29, 0.717) is 70.6 Å². The van der Waals surface area contributed by atoms with Crippen molar-refractivity contribution in [2.45, 2.75) is 59.8 Å². The summed E-state index contributed by atoms with van der Waals surface area (Å²) in [5.41, 5.74) is 3.42. The molecule has 43 heavy (non-hydrogen) atoms. The minimum Gasteiger partial charge on any atom is -0.492 e. The van der Waals surface area contributed by atoms with Gasteiger partial charge in [-0.25, -0.2) is 13.8 Å². The van der Waals surface area contributed by atoms with Crippen molar-refractivity contribution in [2.24, 2.45) is 5.92 Å². The van der Waals surface area contributed by atoms with E-state index >= 15 is 0 Å². The predicted molar refractivity (Wildman–Crippen MR) is 166 cm³/mol. The number of hydrogen-bond donors (Lipinski definition) is 0. The van der Waals surface area contributed by atoms with Crippen molar-refractivity contribution in [2.75, 3.05) is 19.7 Å². The second kappa shape index (κ2) is 13.2. The molecular formula is C33H36F2N4O3S. The highest BCUT2D eigenvalue weighted by atomic mass is 32.1. The topological polar surface area (TPSA) is 77.3 Å². The zero-order valence-electron chi connectivity index (χ0n) is 24.9. The molecule has 1 saturated heterocycles. The number of carbonyl (C=O) groups excluding carboxylic acids is 1. The van der Waals surface area contributed by atoms with E-state index < -0.39 is 6.43 Å². The van der Waals surface area contributed by atoms with Crippen molar-refractivity contribution in [3.05, 3.63) is 80.8 Å². The van der Waals surface area contributed by atoms with Crippen LogP contribution in [0.25, 0.3) is 27.5 Å². The number of hydrogen-bond acceptors (Lipinski definition) is 6. The van der Waals surface area contributed by atoms with Gasteiger partial charge in [-0.2, -0.15) is 0 Å². The number of rotatable bonds is 9. The molecule has 5 rings (SSSR count). The van der Waals surface area contributed by atoms with Crippen LogP contribution in [0.2, 0.25) is 0 Å². The molecule has 7 nitrogen and oxygen atoms in total. The Bertz CT molecular complexity index is 1660. The zero-order chi connectivity index (χ0) is 30.7. The Morgan fingerprint density at radius 3 is 2.51 bits per heavy atom. The predicted octanol–water partition coefficient (Wildman–Crippen LogP) is 7.49. The summed E-state index contributed by atoms with van der Waals surface area (Å²) in [5, 5.41) is 2.20. The number of amides is 1. The molecule has 0 saturated carbocycles. The van der Waals surface area contributed by atoms with Gasteiger partial charge in [-0.1, -0.05) is 19.9 Å². The number of aromatic nitrogens is 3. The lowest BCUT2D eigenvalue weighted by Gasteiger charge is -2.29. The van der Waals surface area contributed by atoms with Crippen molar-refractivity contribution in [1.82, 2.24) is 19.4 Å². The molecule has 4 heterocycles. The van der Waals surface area contributed by atoms with E-state index in [1.807, 2.05) is 36.9 Å². The third-order valence-electron chi connectivity index (χ3n) is 7.47. The molecular weight excluding hydrogens is 570 g/mol. The lowest BCUT2D eigenvalue weighted by atomic mass is 9.98. The molecule has 1 aliphatic rings. The Balaban J connectivity index is 1.74. The number of ether oxygens (including phenoxy) is 1. The van der Waals surface area contributed by atoms with Crippen LogP contribution in [-0.4, -0.2) is 45.0 Å². The quantitative estimate of drug-likeness (QED) is 0.197. The zero-order valence-corrected chi connectivity index (χ0v) is 25.7.